The summed E-state index contributed by atoms with van der Waals surface area (Å²) >= 11 is 0. The van der Waals surface area contributed by atoms with Crippen LogP contribution in [0, 0.1) is 0 Å². The Morgan fingerprint density at radius 1 is 1.00 bits per heavy atom. The van der Waals surface area contributed by atoms with E-state index in [0.717, 1.165) is 45.0 Å². The molecule has 0 saturated carbocycles. The number of hydrogen-bond acceptors (Lipinski definition) is 6. The number of aryl methyl sites for hydroxylation is 1. The van der Waals surface area contributed by atoms with Gasteiger partial charge in [-0.1, -0.05) is 48.5 Å². The second kappa shape index (κ2) is 15.0. The number of ether oxygens (including phenoxy) is 1. The van der Waals surface area contributed by atoms with E-state index in [4.69, 9.17) is 9.15 Å². The molecule has 2 heterocycles. The SMILES string of the molecule is CNC(=O)NCc1ccccc1-c1ccc(CN2C(=O)[C@H](NC(=O)CC(C)(C)NCc3ccco3)CCc3cc(OC)ccc32)cc1. The molecule has 1 aromatic heterocycles. The maximum atomic E-state index is 14.1. The van der Waals surface area contributed by atoms with Crippen LogP contribution in [-0.4, -0.2) is 43.6 Å². The summed E-state index contributed by atoms with van der Waals surface area (Å²) in [4.78, 5) is 41.0. The van der Waals surface area contributed by atoms with E-state index in [0.29, 0.717) is 32.5 Å². The van der Waals surface area contributed by atoms with Crippen LogP contribution >= 0.6 is 0 Å². The van der Waals surface area contributed by atoms with Gasteiger partial charge < -0.3 is 35.3 Å². The van der Waals surface area contributed by atoms with Crippen molar-refractivity contribution < 1.29 is 23.5 Å². The first-order valence-corrected chi connectivity index (χ1v) is 15.8. The van der Waals surface area contributed by atoms with Gasteiger partial charge in [-0.3, -0.25) is 9.59 Å². The molecule has 4 amide bonds. The number of nitrogens with one attached hydrogen (secondary N) is 4. The third kappa shape index (κ3) is 8.59. The summed E-state index contributed by atoms with van der Waals surface area (Å²) in [6.45, 7) is 5.14. The molecule has 0 bridgehead atoms. The highest BCUT2D eigenvalue weighted by molar-refractivity contribution is 6.00. The lowest BCUT2D eigenvalue weighted by molar-refractivity contribution is -0.128. The highest BCUT2D eigenvalue weighted by atomic mass is 16.5. The number of nitrogens with zero attached hydrogens (tertiary/aromatic N) is 1. The summed E-state index contributed by atoms with van der Waals surface area (Å²) in [5.74, 6) is 1.16. The quantitative estimate of drug-likeness (QED) is 0.167. The van der Waals surface area contributed by atoms with Gasteiger partial charge in [-0.15, -0.1) is 0 Å². The van der Waals surface area contributed by atoms with Gasteiger partial charge in [0, 0.05) is 31.2 Å². The van der Waals surface area contributed by atoms with Crippen LogP contribution in [0.15, 0.2) is 89.5 Å². The van der Waals surface area contributed by atoms with Gasteiger partial charge in [0.05, 0.1) is 26.5 Å². The van der Waals surface area contributed by atoms with Gasteiger partial charge in [-0.25, -0.2) is 4.79 Å². The summed E-state index contributed by atoms with van der Waals surface area (Å²) in [5.41, 5.74) is 5.24. The van der Waals surface area contributed by atoms with E-state index in [1.54, 1.807) is 25.3 Å². The number of anilines is 1. The summed E-state index contributed by atoms with van der Waals surface area (Å²) in [7, 11) is 3.21. The molecule has 0 aliphatic carbocycles. The predicted molar refractivity (Wildman–Crippen MR) is 182 cm³/mol. The minimum atomic E-state index is -0.680. The number of amides is 4. The van der Waals surface area contributed by atoms with Gasteiger partial charge in [0.25, 0.3) is 0 Å². The lowest BCUT2D eigenvalue weighted by atomic mass is 9.98. The molecule has 0 fully saturated rings. The molecule has 5 rings (SSSR count). The lowest BCUT2D eigenvalue weighted by Crippen LogP contribution is -2.50. The van der Waals surface area contributed by atoms with Gasteiger partial charge >= 0.3 is 6.03 Å². The number of urea groups is 1. The number of methoxy groups -OCH3 is 1. The van der Waals surface area contributed by atoms with E-state index < -0.39 is 11.6 Å². The first-order chi connectivity index (χ1) is 22.7. The van der Waals surface area contributed by atoms with Crippen LogP contribution in [0.3, 0.4) is 0 Å². The van der Waals surface area contributed by atoms with Gasteiger partial charge in [0.1, 0.15) is 17.6 Å². The van der Waals surface area contributed by atoms with Crippen LogP contribution in [0.1, 0.15) is 49.1 Å². The number of hydrogen-bond donors (Lipinski definition) is 4. The molecular formula is C37H43N5O5. The standard InChI is InChI=1S/C37H43N5O5/c1-37(2,40-23-30-9-7-19-47-30)21-34(43)41-32-17-15-27-20-29(46-4)16-18-33(27)42(35(32)44)24-25-11-13-26(14-12-25)31-10-6-5-8-28(31)22-39-36(45)38-3/h5-14,16,18-20,32,40H,15,17,21-24H2,1-4H3,(H,41,43)(H2,38,39,45)/t32-/m1/s1. The lowest BCUT2D eigenvalue weighted by Gasteiger charge is -2.29. The summed E-state index contributed by atoms with van der Waals surface area (Å²) in [6, 6.07) is 24.6. The molecule has 1 aliphatic heterocycles. The molecule has 246 valence electrons. The average molecular weight is 638 g/mol. The fourth-order valence-electron chi connectivity index (χ4n) is 5.82. The molecule has 1 atom stereocenters. The minimum absolute atomic E-state index is 0.154. The molecule has 0 radical (unpaired) electrons. The Morgan fingerprint density at radius 2 is 1.79 bits per heavy atom. The topological polar surface area (TPSA) is 125 Å². The third-order valence-electron chi connectivity index (χ3n) is 8.39. The largest absolute Gasteiger partial charge is 0.497 e. The van der Waals surface area contributed by atoms with Gasteiger partial charge in [0.15, 0.2) is 0 Å². The van der Waals surface area contributed by atoms with Crippen LogP contribution in [0.5, 0.6) is 5.75 Å². The zero-order valence-electron chi connectivity index (χ0n) is 27.4. The van der Waals surface area contributed by atoms with Crippen molar-refractivity contribution in [3.05, 3.63) is 108 Å². The monoisotopic (exact) mass is 637 g/mol. The number of furan rings is 1. The summed E-state index contributed by atoms with van der Waals surface area (Å²) in [6.07, 6.45) is 2.90. The number of fused-ring (bicyclic) bond motifs is 1. The van der Waals surface area contributed by atoms with Gasteiger partial charge in [-0.2, -0.15) is 0 Å². The Kier molecular flexibility index (Phi) is 10.6. The van der Waals surface area contributed by atoms with Gasteiger partial charge in [0.2, 0.25) is 11.8 Å². The number of carbonyl (C=O) groups excluding carboxylic acids is 3. The predicted octanol–water partition coefficient (Wildman–Crippen LogP) is 5.31. The molecule has 0 spiro atoms. The highest BCUT2D eigenvalue weighted by Crippen LogP contribution is 2.32. The Morgan fingerprint density at radius 3 is 2.51 bits per heavy atom. The van der Waals surface area contributed by atoms with Crippen molar-refractivity contribution >= 4 is 23.5 Å². The zero-order valence-corrected chi connectivity index (χ0v) is 27.4. The molecule has 0 unspecified atom stereocenters. The van der Waals surface area contributed by atoms with Crippen molar-refractivity contribution in [2.45, 2.75) is 64.3 Å². The van der Waals surface area contributed by atoms with Crippen LogP contribution in [0.25, 0.3) is 11.1 Å². The molecular weight excluding hydrogens is 594 g/mol. The Bertz CT molecular complexity index is 1680. The van der Waals surface area contributed by atoms with Crippen LogP contribution in [0.2, 0.25) is 0 Å². The van der Waals surface area contributed by atoms with Crippen molar-refractivity contribution in [1.29, 1.82) is 0 Å². The third-order valence-corrected chi connectivity index (χ3v) is 8.39. The van der Waals surface area contributed by atoms with Crippen LogP contribution in [-0.2, 0) is 35.6 Å². The minimum Gasteiger partial charge on any atom is -0.497 e. The second-order valence-corrected chi connectivity index (χ2v) is 12.4. The van der Waals surface area contributed by atoms with E-state index in [2.05, 4.69) is 21.3 Å². The molecule has 4 N–H and O–H groups in total. The Labute approximate surface area is 275 Å². The van der Waals surface area contributed by atoms with Crippen LogP contribution < -0.4 is 30.9 Å². The number of benzene rings is 3. The maximum Gasteiger partial charge on any atom is 0.314 e. The average Bonchev–Trinajstić information content (AvgIpc) is 3.57. The van der Waals surface area contributed by atoms with E-state index in [1.807, 2.05) is 92.7 Å². The number of carbonyl (C=O) groups is 3. The summed E-state index contributed by atoms with van der Waals surface area (Å²) in [5, 5.41) is 11.8. The Balaban J connectivity index is 1.33. The summed E-state index contributed by atoms with van der Waals surface area (Å²) < 4.78 is 10.9. The molecule has 4 aromatic rings. The number of rotatable bonds is 12. The van der Waals surface area contributed by atoms with E-state index in [-0.39, 0.29) is 24.3 Å². The Hall–Kier alpha value is -5.09. The van der Waals surface area contributed by atoms with Crippen molar-refractivity contribution in [3.63, 3.8) is 0 Å². The van der Waals surface area contributed by atoms with E-state index in [1.165, 1.54) is 0 Å². The fourth-order valence-corrected chi connectivity index (χ4v) is 5.82. The van der Waals surface area contributed by atoms with Crippen molar-refractivity contribution in [1.82, 2.24) is 21.3 Å². The van der Waals surface area contributed by atoms with Crippen molar-refractivity contribution in [2.75, 3.05) is 19.1 Å². The van der Waals surface area contributed by atoms with E-state index >= 15 is 0 Å². The van der Waals surface area contributed by atoms with Crippen molar-refractivity contribution in [2.24, 2.45) is 0 Å². The first-order valence-electron chi connectivity index (χ1n) is 15.8. The molecule has 10 nitrogen and oxygen atoms in total. The van der Waals surface area contributed by atoms with E-state index in [9.17, 15) is 14.4 Å². The first kappa shape index (κ1) is 33.3. The van der Waals surface area contributed by atoms with Crippen LogP contribution in [0.4, 0.5) is 10.5 Å². The smallest absolute Gasteiger partial charge is 0.314 e. The highest BCUT2D eigenvalue weighted by Gasteiger charge is 2.33. The van der Waals surface area contributed by atoms with Gasteiger partial charge in [-0.05, 0) is 84.8 Å². The normalized spacial score (nSPS) is 14.6. The molecule has 0 saturated heterocycles. The molecule has 3 aromatic carbocycles. The van der Waals surface area contributed by atoms with Crippen molar-refractivity contribution in [3.8, 4) is 16.9 Å². The molecule has 1 aliphatic rings. The zero-order chi connectivity index (χ0) is 33.4. The maximum absolute atomic E-state index is 14.1. The second-order valence-electron chi connectivity index (χ2n) is 12.4. The fraction of sp³-hybridized carbons (Fsp3) is 0.324. The molecule has 10 heteroatoms. The molecule has 47 heavy (non-hydrogen) atoms.